The minimum absolute atomic E-state index is 0.00924. The van der Waals surface area contributed by atoms with Crippen LogP contribution >= 0.6 is 0 Å². The van der Waals surface area contributed by atoms with E-state index < -0.39 is 0 Å². The first-order valence-corrected chi connectivity index (χ1v) is 4.83. The Morgan fingerprint density at radius 1 is 1.62 bits per heavy atom. The highest BCUT2D eigenvalue weighted by Crippen LogP contribution is 2.24. The van der Waals surface area contributed by atoms with E-state index in [1.165, 1.54) is 6.42 Å². The molecule has 1 saturated carbocycles. The Bertz CT molecular complexity index is 168. The first-order chi connectivity index (χ1) is 6.29. The normalized spacial score (nSPS) is 16.5. The molecule has 4 nitrogen and oxygen atoms in total. The van der Waals surface area contributed by atoms with Crippen molar-refractivity contribution in [2.45, 2.75) is 32.2 Å². The fraction of sp³-hybridized carbons (Fsp3) is 0.889. The largest absolute Gasteiger partial charge is 0.450 e. The highest BCUT2D eigenvalue weighted by molar-refractivity contribution is 5.68. The van der Waals surface area contributed by atoms with Crippen LogP contribution in [-0.2, 0) is 4.74 Å². The number of ether oxygens (including phenoxy) is 1. The van der Waals surface area contributed by atoms with Crippen molar-refractivity contribution in [1.82, 2.24) is 4.90 Å². The molecule has 0 saturated heterocycles. The lowest BCUT2D eigenvalue weighted by molar-refractivity contribution is 0.0606. The van der Waals surface area contributed by atoms with Gasteiger partial charge in [-0.3, -0.25) is 0 Å². The Hall–Kier alpha value is -0.770. The fourth-order valence-corrected chi connectivity index (χ4v) is 1.44. The van der Waals surface area contributed by atoms with Crippen LogP contribution in [0.4, 0.5) is 4.79 Å². The lowest BCUT2D eigenvalue weighted by Gasteiger charge is -2.36. The van der Waals surface area contributed by atoms with Gasteiger partial charge in [-0.15, -0.1) is 0 Å². The minimum atomic E-state index is -0.291. The molecule has 0 atom stereocenters. The van der Waals surface area contributed by atoms with Crippen LogP contribution in [0.5, 0.6) is 0 Å². The maximum Gasteiger partial charge on any atom is 0.410 e. The average molecular weight is 187 g/mol. The quantitative estimate of drug-likeness (QED) is 0.714. The van der Waals surface area contributed by atoms with Crippen LogP contribution in [0, 0.1) is 0 Å². The average Bonchev–Trinajstić information content (AvgIpc) is 2.01. The molecule has 13 heavy (non-hydrogen) atoms. The summed E-state index contributed by atoms with van der Waals surface area (Å²) in [4.78, 5) is 13.0. The van der Waals surface area contributed by atoms with E-state index >= 15 is 0 Å². The molecule has 0 unspecified atom stereocenters. The van der Waals surface area contributed by atoms with Crippen molar-refractivity contribution < 1.29 is 14.6 Å². The van der Waals surface area contributed by atoms with Crippen LogP contribution < -0.4 is 0 Å². The van der Waals surface area contributed by atoms with Gasteiger partial charge in [0.25, 0.3) is 0 Å². The van der Waals surface area contributed by atoms with Crippen LogP contribution in [0.1, 0.15) is 26.2 Å². The van der Waals surface area contributed by atoms with Gasteiger partial charge in [0, 0.05) is 12.6 Å². The molecule has 0 aromatic rings. The molecule has 1 N–H and O–H groups in total. The predicted molar refractivity (Wildman–Crippen MR) is 48.5 cm³/mol. The van der Waals surface area contributed by atoms with Crippen molar-refractivity contribution in [2.24, 2.45) is 0 Å². The molecule has 1 fully saturated rings. The molecule has 1 aliphatic rings. The summed E-state index contributed by atoms with van der Waals surface area (Å²) in [6.45, 7) is 2.59. The monoisotopic (exact) mass is 187 g/mol. The topological polar surface area (TPSA) is 49.8 Å². The zero-order valence-corrected chi connectivity index (χ0v) is 8.03. The predicted octanol–water partition coefficient (Wildman–Crippen LogP) is 0.990. The van der Waals surface area contributed by atoms with Crippen molar-refractivity contribution >= 4 is 6.09 Å². The zero-order valence-electron chi connectivity index (χ0n) is 8.03. The van der Waals surface area contributed by atoms with Crippen LogP contribution in [0.2, 0.25) is 0 Å². The third kappa shape index (κ3) is 2.59. The third-order valence-electron chi connectivity index (χ3n) is 2.36. The second kappa shape index (κ2) is 5.07. The lowest BCUT2D eigenvalue weighted by atomic mass is 9.92. The number of aliphatic hydroxyl groups is 1. The first kappa shape index (κ1) is 10.3. The SMILES string of the molecule is CCOC(=O)N(CCO)C1CCC1. The van der Waals surface area contributed by atoms with Crippen LogP contribution in [0.3, 0.4) is 0 Å². The van der Waals surface area contributed by atoms with Gasteiger partial charge in [-0.05, 0) is 26.2 Å². The number of rotatable bonds is 4. The molecule has 0 heterocycles. The van der Waals surface area contributed by atoms with Gasteiger partial charge in [0.2, 0.25) is 0 Å². The van der Waals surface area contributed by atoms with Crippen LogP contribution in [0.25, 0.3) is 0 Å². The van der Waals surface area contributed by atoms with Gasteiger partial charge in [-0.1, -0.05) is 0 Å². The molecule has 1 amide bonds. The van der Waals surface area contributed by atoms with E-state index in [2.05, 4.69) is 0 Å². The highest BCUT2D eigenvalue weighted by atomic mass is 16.6. The summed E-state index contributed by atoms with van der Waals surface area (Å²) in [7, 11) is 0. The summed E-state index contributed by atoms with van der Waals surface area (Å²) in [6.07, 6.45) is 2.96. The number of amides is 1. The van der Waals surface area contributed by atoms with Crippen LogP contribution in [0.15, 0.2) is 0 Å². The summed E-state index contributed by atoms with van der Waals surface area (Å²) in [5.74, 6) is 0. The molecular formula is C9H17NO3. The smallest absolute Gasteiger partial charge is 0.410 e. The second-order valence-electron chi connectivity index (χ2n) is 3.20. The van der Waals surface area contributed by atoms with E-state index in [4.69, 9.17) is 9.84 Å². The lowest BCUT2D eigenvalue weighted by Crippen LogP contribution is -2.45. The summed E-state index contributed by atoms with van der Waals surface area (Å²) < 4.78 is 4.89. The van der Waals surface area contributed by atoms with E-state index in [9.17, 15) is 4.79 Å². The molecule has 0 radical (unpaired) electrons. The maximum atomic E-state index is 11.4. The van der Waals surface area contributed by atoms with E-state index in [0.29, 0.717) is 19.2 Å². The number of nitrogens with zero attached hydrogens (tertiary/aromatic N) is 1. The number of aliphatic hydroxyl groups excluding tert-OH is 1. The Balaban J connectivity index is 2.40. The van der Waals surface area contributed by atoms with E-state index in [1.54, 1.807) is 11.8 Å². The minimum Gasteiger partial charge on any atom is -0.450 e. The standard InChI is InChI=1S/C9H17NO3/c1-2-13-9(12)10(6-7-11)8-4-3-5-8/h8,11H,2-7H2,1H3. The van der Waals surface area contributed by atoms with Gasteiger partial charge in [0.1, 0.15) is 0 Å². The molecule has 76 valence electrons. The number of hydrogen-bond acceptors (Lipinski definition) is 3. The molecule has 4 heteroatoms. The van der Waals surface area contributed by atoms with Crippen molar-refractivity contribution in [1.29, 1.82) is 0 Å². The molecule has 1 rings (SSSR count). The van der Waals surface area contributed by atoms with Crippen molar-refractivity contribution in [3.63, 3.8) is 0 Å². The molecule has 1 aliphatic carbocycles. The Labute approximate surface area is 78.5 Å². The third-order valence-corrected chi connectivity index (χ3v) is 2.36. The number of carbonyl (C=O) groups is 1. The Kier molecular flexibility index (Phi) is 4.02. The maximum absolute atomic E-state index is 11.4. The van der Waals surface area contributed by atoms with E-state index in [0.717, 1.165) is 12.8 Å². The number of carbonyl (C=O) groups excluding carboxylic acids is 1. The summed E-state index contributed by atoms with van der Waals surface area (Å²) in [5, 5.41) is 8.77. The zero-order chi connectivity index (χ0) is 9.68. The van der Waals surface area contributed by atoms with E-state index in [-0.39, 0.29) is 12.7 Å². The highest BCUT2D eigenvalue weighted by Gasteiger charge is 2.28. The van der Waals surface area contributed by atoms with E-state index in [1.807, 2.05) is 0 Å². The van der Waals surface area contributed by atoms with Gasteiger partial charge in [0.05, 0.1) is 13.2 Å². The molecule has 0 aromatic carbocycles. The first-order valence-electron chi connectivity index (χ1n) is 4.83. The van der Waals surface area contributed by atoms with Gasteiger partial charge in [-0.25, -0.2) is 4.79 Å². The van der Waals surface area contributed by atoms with Gasteiger partial charge in [0.15, 0.2) is 0 Å². The number of hydrogen-bond donors (Lipinski definition) is 1. The summed E-state index contributed by atoms with van der Waals surface area (Å²) in [6, 6.07) is 0.297. The molecule has 0 aromatic heterocycles. The molecular weight excluding hydrogens is 170 g/mol. The fourth-order valence-electron chi connectivity index (χ4n) is 1.44. The molecule has 0 aliphatic heterocycles. The van der Waals surface area contributed by atoms with Crippen LogP contribution in [-0.4, -0.2) is 41.9 Å². The second-order valence-corrected chi connectivity index (χ2v) is 3.20. The Morgan fingerprint density at radius 3 is 2.69 bits per heavy atom. The molecule has 0 spiro atoms. The van der Waals surface area contributed by atoms with Gasteiger partial charge < -0.3 is 14.7 Å². The summed E-state index contributed by atoms with van der Waals surface area (Å²) in [5.41, 5.74) is 0. The van der Waals surface area contributed by atoms with Crippen molar-refractivity contribution in [3.8, 4) is 0 Å². The van der Waals surface area contributed by atoms with Crippen molar-refractivity contribution in [2.75, 3.05) is 19.8 Å². The summed E-state index contributed by atoms with van der Waals surface area (Å²) >= 11 is 0. The van der Waals surface area contributed by atoms with Gasteiger partial charge in [-0.2, -0.15) is 0 Å². The molecule has 0 bridgehead atoms. The Morgan fingerprint density at radius 2 is 2.31 bits per heavy atom. The van der Waals surface area contributed by atoms with Gasteiger partial charge >= 0.3 is 6.09 Å². The van der Waals surface area contributed by atoms with Crippen molar-refractivity contribution in [3.05, 3.63) is 0 Å².